The van der Waals surface area contributed by atoms with Crippen molar-refractivity contribution in [3.05, 3.63) is 24.0 Å². The number of hydrogen-bond donors (Lipinski definition) is 2. The molecule has 21 heavy (non-hydrogen) atoms. The molecule has 1 aromatic carbocycles. The molecule has 0 bridgehead atoms. The number of nitrogens with one attached hydrogen (secondary N) is 2. The molecule has 1 aliphatic heterocycles. The van der Waals surface area contributed by atoms with Crippen LogP contribution in [0.1, 0.15) is 38.6 Å². The molecule has 3 rings (SSSR count). The summed E-state index contributed by atoms with van der Waals surface area (Å²) in [4.78, 5) is 8.26. The maximum atomic E-state index is 11.6. The molecular formula is C15H21N3O2S. The SMILES string of the molecule is CC1(C)CCCNC1c1nc2ccc(S(C)(=O)=O)cc2[nH]1. The lowest BCUT2D eigenvalue weighted by molar-refractivity contribution is 0.175. The van der Waals surface area contributed by atoms with Crippen molar-refractivity contribution in [1.29, 1.82) is 0 Å². The van der Waals surface area contributed by atoms with E-state index in [0.717, 1.165) is 29.8 Å². The maximum absolute atomic E-state index is 11.6. The predicted molar refractivity (Wildman–Crippen MR) is 83.0 cm³/mol. The monoisotopic (exact) mass is 307 g/mol. The molecule has 0 amide bonds. The van der Waals surface area contributed by atoms with Crippen LogP contribution in [0.2, 0.25) is 0 Å². The Bertz CT molecular complexity index is 777. The smallest absolute Gasteiger partial charge is 0.175 e. The van der Waals surface area contributed by atoms with Gasteiger partial charge < -0.3 is 10.3 Å². The van der Waals surface area contributed by atoms with Crippen molar-refractivity contribution in [3.63, 3.8) is 0 Å². The molecule has 5 nitrogen and oxygen atoms in total. The second kappa shape index (κ2) is 4.81. The highest BCUT2D eigenvalue weighted by Crippen LogP contribution is 2.39. The van der Waals surface area contributed by atoms with Crippen LogP contribution in [0.25, 0.3) is 11.0 Å². The summed E-state index contributed by atoms with van der Waals surface area (Å²) >= 11 is 0. The number of hydrogen-bond acceptors (Lipinski definition) is 4. The maximum Gasteiger partial charge on any atom is 0.175 e. The Morgan fingerprint density at radius 2 is 2.10 bits per heavy atom. The minimum Gasteiger partial charge on any atom is -0.341 e. The van der Waals surface area contributed by atoms with Crippen LogP contribution in [0.15, 0.2) is 23.1 Å². The average Bonchev–Trinajstić information content (AvgIpc) is 2.79. The minimum atomic E-state index is -3.20. The standard InChI is InChI=1S/C15H21N3O2S/c1-15(2)7-4-8-16-13(15)14-17-11-6-5-10(21(3,19)20)9-12(11)18-14/h5-6,9,13,16H,4,7-8H2,1-3H3,(H,17,18). The van der Waals surface area contributed by atoms with E-state index in [-0.39, 0.29) is 11.5 Å². The second-order valence-electron chi connectivity index (χ2n) is 6.55. The summed E-state index contributed by atoms with van der Waals surface area (Å²) in [5.74, 6) is 0.889. The van der Waals surface area contributed by atoms with E-state index in [1.165, 1.54) is 12.7 Å². The fourth-order valence-electron chi connectivity index (χ4n) is 3.05. The van der Waals surface area contributed by atoms with Crippen LogP contribution in [0, 0.1) is 5.41 Å². The zero-order valence-electron chi connectivity index (χ0n) is 12.6. The van der Waals surface area contributed by atoms with Crippen LogP contribution in [-0.4, -0.2) is 31.2 Å². The third kappa shape index (κ3) is 2.70. The first-order chi connectivity index (χ1) is 9.77. The van der Waals surface area contributed by atoms with Crippen molar-refractivity contribution in [2.75, 3.05) is 12.8 Å². The number of nitrogens with zero attached hydrogens (tertiary/aromatic N) is 1. The molecule has 1 atom stereocenters. The quantitative estimate of drug-likeness (QED) is 0.893. The molecular weight excluding hydrogens is 286 g/mol. The molecule has 114 valence electrons. The summed E-state index contributed by atoms with van der Waals surface area (Å²) < 4.78 is 23.3. The summed E-state index contributed by atoms with van der Waals surface area (Å²) in [6.07, 6.45) is 3.54. The number of imidazole rings is 1. The fourth-order valence-corrected chi connectivity index (χ4v) is 3.70. The lowest BCUT2D eigenvalue weighted by Gasteiger charge is -2.38. The topological polar surface area (TPSA) is 74.8 Å². The lowest BCUT2D eigenvalue weighted by atomic mass is 9.77. The van der Waals surface area contributed by atoms with E-state index in [1.807, 2.05) is 0 Å². The number of sulfone groups is 1. The first-order valence-electron chi connectivity index (χ1n) is 7.20. The molecule has 6 heteroatoms. The molecule has 2 aromatic rings. The number of aromatic amines is 1. The van der Waals surface area contributed by atoms with Gasteiger partial charge in [0.05, 0.1) is 22.0 Å². The highest BCUT2D eigenvalue weighted by atomic mass is 32.2. The third-order valence-corrected chi connectivity index (χ3v) is 5.41. The summed E-state index contributed by atoms with van der Waals surface area (Å²) in [6, 6.07) is 5.21. The Morgan fingerprint density at radius 1 is 1.33 bits per heavy atom. The molecule has 2 N–H and O–H groups in total. The first kappa shape index (κ1) is 14.5. The Hall–Kier alpha value is -1.40. The van der Waals surface area contributed by atoms with E-state index in [9.17, 15) is 8.42 Å². The number of piperidine rings is 1. The van der Waals surface area contributed by atoms with Crippen molar-refractivity contribution in [1.82, 2.24) is 15.3 Å². The van der Waals surface area contributed by atoms with E-state index >= 15 is 0 Å². The van der Waals surface area contributed by atoms with Crippen molar-refractivity contribution in [2.45, 2.75) is 37.6 Å². The van der Waals surface area contributed by atoms with Crippen LogP contribution in [0.5, 0.6) is 0 Å². The van der Waals surface area contributed by atoms with Gasteiger partial charge in [-0.15, -0.1) is 0 Å². The van der Waals surface area contributed by atoms with Crippen molar-refractivity contribution in [3.8, 4) is 0 Å². The number of fused-ring (bicyclic) bond motifs is 1. The van der Waals surface area contributed by atoms with E-state index in [4.69, 9.17) is 0 Å². The fraction of sp³-hybridized carbons (Fsp3) is 0.533. The van der Waals surface area contributed by atoms with E-state index in [1.54, 1.807) is 18.2 Å². The van der Waals surface area contributed by atoms with Gasteiger partial charge >= 0.3 is 0 Å². The molecule has 0 radical (unpaired) electrons. The Labute approximate surface area is 125 Å². The van der Waals surface area contributed by atoms with E-state index in [0.29, 0.717) is 4.90 Å². The Morgan fingerprint density at radius 3 is 2.76 bits per heavy atom. The number of rotatable bonds is 2. The molecule has 1 unspecified atom stereocenters. The van der Waals surface area contributed by atoms with Crippen molar-refractivity contribution in [2.24, 2.45) is 5.41 Å². The molecule has 1 saturated heterocycles. The van der Waals surface area contributed by atoms with E-state index < -0.39 is 9.84 Å². The van der Waals surface area contributed by atoms with Crippen molar-refractivity contribution >= 4 is 20.9 Å². The summed E-state index contributed by atoms with van der Waals surface area (Å²) in [7, 11) is -3.20. The van der Waals surface area contributed by atoms with Crippen LogP contribution >= 0.6 is 0 Å². The van der Waals surface area contributed by atoms with Gasteiger partial charge in [-0.1, -0.05) is 13.8 Å². The molecule has 2 heterocycles. The largest absolute Gasteiger partial charge is 0.341 e. The zero-order chi connectivity index (χ0) is 15.3. The Balaban J connectivity index is 2.05. The summed E-state index contributed by atoms with van der Waals surface area (Å²) in [5, 5.41) is 3.52. The normalized spacial score (nSPS) is 22.5. The van der Waals surface area contributed by atoms with E-state index in [2.05, 4.69) is 29.1 Å². The Kier molecular flexibility index (Phi) is 3.33. The summed E-state index contributed by atoms with van der Waals surface area (Å²) in [6.45, 7) is 5.46. The number of aromatic nitrogens is 2. The van der Waals surface area contributed by atoms with Crippen LogP contribution < -0.4 is 5.32 Å². The van der Waals surface area contributed by atoms with Crippen molar-refractivity contribution < 1.29 is 8.42 Å². The van der Waals surface area contributed by atoms with Gasteiger partial charge in [0.2, 0.25) is 0 Å². The zero-order valence-corrected chi connectivity index (χ0v) is 13.4. The average molecular weight is 307 g/mol. The molecule has 0 saturated carbocycles. The van der Waals surface area contributed by atoms with Gasteiger partial charge in [-0.2, -0.15) is 0 Å². The third-order valence-electron chi connectivity index (χ3n) is 4.30. The van der Waals surface area contributed by atoms with Gasteiger partial charge in [0, 0.05) is 6.26 Å². The van der Waals surface area contributed by atoms with Gasteiger partial charge in [0.1, 0.15) is 5.82 Å². The van der Waals surface area contributed by atoms with Crippen LogP contribution in [0.4, 0.5) is 0 Å². The highest BCUT2D eigenvalue weighted by Gasteiger charge is 2.35. The molecule has 1 aromatic heterocycles. The predicted octanol–water partition coefficient (Wildman–Crippen LogP) is 2.42. The van der Waals surface area contributed by atoms with Gasteiger partial charge in [0.15, 0.2) is 9.84 Å². The van der Waals surface area contributed by atoms with Gasteiger partial charge in [0.25, 0.3) is 0 Å². The molecule has 1 fully saturated rings. The first-order valence-corrected chi connectivity index (χ1v) is 9.10. The minimum absolute atomic E-state index is 0.131. The second-order valence-corrected chi connectivity index (χ2v) is 8.57. The molecule has 0 spiro atoms. The highest BCUT2D eigenvalue weighted by molar-refractivity contribution is 7.90. The van der Waals surface area contributed by atoms with Crippen LogP contribution in [0.3, 0.4) is 0 Å². The van der Waals surface area contributed by atoms with Gasteiger partial charge in [-0.05, 0) is 43.0 Å². The molecule has 1 aliphatic rings. The van der Waals surface area contributed by atoms with Gasteiger partial charge in [-0.25, -0.2) is 13.4 Å². The number of H-pyrrole nitrogens is 1. The number of benzene rings is 1. The lowest BCUT2D eigenvalue weighted by Crippen LogP contribution is -2.40. The summed E-state index contributed by atoms with van der Waals surface area (Å²) in [5.41, 5.74) is 1.71. The van der Waals surface area contributed by atoms with Gasteiger partial charge in [-0.3, -0.25) is 0 Å². The van der Waals surface area contributed by atoms with Crippen LogP contribution in [-0.2, 0) is 9.84 Å². The molecule has 0 aliphatic carbocycles.